The quantitative estimate of drug-likeness (QED) is 0.179. The molecule has 3 heterocycles. The van der Waals surface area contributed by atoms with Crippen LogP contribution in [0.3, 0.4) is 0 Å². The van der Waals surface area contributed by atoms with Crippen LogP contribution in [0.5, 0.6) is 0 Å². The molecule has 4 nitrogen and oxygen atoms in total. The van der Waals surface area contributed by atoms with Crippen molar-refractivity contribution in [3.05, 3.63) is 175 Å². The van der Waals surface area contributed by atoms with Gasteiger partial charge in [-0.1, -0.05) is 110 Å². The van der Waals surface area contributed by atoms with Gasteiger partial charge >= 0.3 is 0 Å². The minimum Gasteiger partial charge on any atom is -0.456 e. The summed E-state index contributed by atoms with van der Waals surface area (Å²) in [4.78, 5) is 2.25. The second-order valence-corrected chi connectivity index (χ2v) is 13.2. The number of furan rings is 2. The molecule has 0 unspecified atom stereocenters. The van der Waals surface area contributed by atoms with Gasteiger partial charge in [0.2, 0.25) is 0 Å². The van der Waals surface area contributed by atoms with Gasteiger partial charge in [-0.3, -0.25) is 0 Å². The maximum Gasteiger partial charge on any atom is 0.145 e. The zero-order chi connectivity index (χ0) is 35.2. The third-order valence-electron chi connectivity index (χ3n) is 10.0. The minimum absolute atomic E-state index is 0.743. The molecular formula is C48H36N2O2. The Morgan fingerprint density at radius 1 is 0.673 bits per heavy atom. The van der Waals surface area contributed by atoms with E-state index in [1.807, 2.05) is 54.6 Å². The van der Waals surface area contributed by atoms with Crippen molar-refractivity contribution in [3.63, 3.8) is 0 Å². The van der Waals surface area contributed by atoms with Crippen LogP contribution in [0.4, 0.5) is 17.1 Å². The fourth-order valence-electron chi connectivity index (χ4n) is 7.47. The van der Waals surface area contributed by atoms with E-state index in [0.717, 1.165) is 113 Å². The van der Waals surface area contributed by atoms with Crippen molar-refractivity contribution in [2.24, 2.45) is 0 Å². The number of nitrogen functional groups attached to an aromatic ring is 1. The monoisotopic (exact) mass is 672 g/mol. The van der Waals surface area contributed by atoms with Gasteiger partial charge in [-0.15, -0.1) is 0 Å². The Labute approximate surface area is 302 Å². The lowest BCUT2D eigenvalue weighted by Crippen LogP contribution is -2.12. The number of anilines is 3. The number of rotatable bonds is 6. The fourth-order valence-corrected chi connectivity index (χ4v) is 7.47. The normalized spacial score (nSPS) is 13.8. The van der Waals surface area contributed by atoms with E-state index in [0.29, 0.717) is 0 Å². The largest absolute Gasteiger partial charge is 0.456 e. The lowest BCUT2D eigenvalue weighted by atomic mass is 9.95. The molecule has 0 fully saturated rings. The first kappa shape index (κ1) is 31.2. The van der Waals surface area contributed by atoms with Gasteiger partial charge < -0.3 is 19.5 Å². The van der Waals surface area contributed by atoms with Crippen LogP contribution in [0.25, 0.3) is 79.0 Å². The molecule has 0 spiro atoms. The van der Waals surface area contributed by atoms with Crippen molar-refractivity contribution >= 4 is 73.8 Å². The van der Waals surface area contributed by atoms with E-state index in [1.54, 1.807) is 0 Å². The van der Waals surface area contributed by atoms with Crippen molar-refractivity contribution in [1.29, 1.82) is 0 Å². The number of hydrogen-bond acceptors (Lipinski definition) is 4. The Hall–Kier alpha value is -6.78. The van der Waals surface area contributed by atoms with Crippen molar-refractivity contribution in [1.82, 2.24) is 0 Å². The number of benzene rings is 6. The lowest BCUT2D eigenvalue weighted by molar-refractivity contribution is 0.602. The lowest BCUT2D eigenvalue weighted by Gasteiger charge is -2.27. The molecule has 9 rings (SSSR count). The van der Waals surface area contributed by atoms with E-state index in [1.165, 1.54) is 0 Å². The van der Waals surface area contributed by atoms with Crippen LogP contribution in [-0.2, 0) is 0 Å². The maximum absolute atomic E-state index is 6.79. The van der Waals surface area contributed by atoms with Crippen molar-refractivity contribution in [2.75, 3.05) is 10.6 Å². The van der Waals surface area contributed by atoms with Gasteiger partial charge in [-0.2, -0.15) is 0 Å². The summed E-state index contributed by atoms with van der Waals surface area (Å²) in [5.74, 6) is 0.746. The zero-order valence-electron chi connectivity index (χ0n) is 28.7. The average molecular weight is 673 g/mol. The predicted molar refractivity (Wildman–Crippen MR) is 220 cm³/mol. The molecule has 2 aromatic heterocycles. The fraction of sp³-hybridized carbons (Fsp3) is 0.0417. The molecule has 0 aliphatic carbocycles. The Kier molecular flexibility index (Phi) is 7.71. The Balaban J connectivity index is 1.13. The summed E-state index contributed by atoms with van der Waals surface area (Å²) in [5.41, 5.74) is 20.2. The van der Waals surface area contributed by atoms with Gasteiger partial charge in [-0.05, 0) is 95.3 Å². The molecule has 0 atom stereocenters. The van der Waals surface area contributed by atoms with Crippen molar-refractivity contribution in [3.8, 4) is 22.3 Å². The molecule has 52 heavy (non-hydrogen) atoms. The highest BCUT2D eigenvalue weighted by atomic mass is 16.3. The van der Waals surface area contributed by atoms with E-state index in [-0.39, 0.29) is 0 Å². The second-order valence-electron chi connectivity index (χ2n) is 13.2. The number of fused-ring (bicyclic) bond motifs is 6. The molecule has 8 aromatic rings. The summed E-state index contributed by atoms with van der Waals surface area (Å²) in [6, 6.07) is 43.8. The molecule has 250 valence electrons. The third-order valence-corrected chi connectivity index (χ3v) is 10.0. The minimum atomic E-state index is 0.743. The van der Waals surface area contributed by atoms with Crippen LogP contribution in [0.1, 0.15) is 35.3 Å². The van der Waals surface area contributed by atoms with Gasteiger partial charge in [-0.25, -0.2) is 0 Å². The van der Waals surface area contributed by atoms with Gasteiger partial charge in [0.1, 0.15) is 22.5 Å². The highest BCUT2D eigenvalue weighted by molar-refractivity contribution is 6.07. The molecule has 1 aliphatic heterocycles. The molecule has 0 saturated carbocycles. The molecule has 6 aromatic carbocycles. The van der Waals surface area contributed by atoms with Crippen LogP contribution in [0.2, 0.25) is 0 Å². The molecule has 0 bridgehead atoms. The predicted octanol–water partition coefficient (Wildman–Crippen LogP) is 13.5. The first-order valence-corrected chi connectivity index (χ1v) is 17.6. The Morgan fingerprint density at radius 3 is 2.35 bits per heavy atom. The summed E-state index contributed by atoms with van der Waals surface area (Å²) >= 11 is 0. The summed E-state index contributed by atoms with van der Waals surface area (Å²) in [6.07, 6.45) is 12.1. The van der Waals surface area contributed by atoms with E-state index in [9.17, 15) is 0 Å². The number of para-hydroxylation sites is 2. The number of hydrogen-bond donors (Lipinski definition) is 1. The van der Waals surface area contributed by atoms with Gasteiger partial charge in [0.05, 0.1) is 5.69 Å². The first-order valence-electron chi connectivity index (χ1n) is 17.6. The molecule has 0 radical (unpaired) electrons. The summed E-state index contributed by atoms with van der Waals surface area (Å²) in [7, 11) is 0. The average Bonchev–Trinajstić information content (AvgIpc) is 3.73. The van der Waals surface area contributed by atoms with Crippen LogP contribution in [0.15, 0.2) is 162 Å². The van der Waals surface area contributed by atoms with E-state index in [4.69, 9.17) is 14.6 Å². The molecule has 2 N–H and O–H groups in total. The SMILES string of the molecule is C=Cc1c(/C=C\c2ccccc2-c2ccccc2N)oc2c3c(ccc12)N(c1cccc(-c2ccc4oc5ccccc5c4c2)c1)/C=C\CCC3=C. The topological polar surface area (TPSA) is 55.5 Å². The highest BCUT2D eigenvalue weighted by Crippen LogP contribution is 2.44. The number of nitrogens with two attached hydrogens (primary N) is 1. The van der Waals surface area contributed by atoms with Gasteiger partial charge in [0.15, 0.2) is 0 Å². The van der Waals surface area contributed by atoms with Crippen molar-refractivity contribution < 1.29 is 8.83 Å². The summed E-state index contributed by atoms with van der Waals surface area (Å²) in [6.45, 7) is 8.76. The molecule has 4 heteroatoms. The molecule has 1 aliphatic rings. The van der Waals surface area contributed by atoms with E-state index in [2.05, 4.69) is 121 Å². The molecular weight excluding hydrogens is 637 g/mol. The summed E-state index contributed by atoms with van der Waals surface area (Å²) < 4.78 is 12.9. The molecule has 0 amide bonds. The summed E-state index contributed by atoms with van der Waals surface area (Å²) in [5, 5.41) is 3.24. The second kappa shape index (κ2) is 12.8. The van der Waals surface area contributed by atoms with Crippen LogP contribution in [0, 0.1) is 0 Å². The zero-order valence-corrected chi connectivity index (χ0v) is 28.7. The van der Waals surface area contributed by atoms with Crippen LogP contribution < -0.4 is 10.6 Å². The Bertz CT molecular complexity index is 2760. The standard InChI is InChI=1S/C48H36N2O2/c1-3-36-40-24-25-43-47(48(40)52-45(36)26-22-32-14-4-5-17-37(32)38-18-6-8-20-42(38)49)31(2)13-10-11-28-50(43)35-16-12-15-33(29-35)34-23-27-46-41(30-34)39-19-7-9-21-44(39)51-46/h3-9,11-12,14-30H,1-2,10,13,49H2/b26-22-,28-11-. The smallest absolute Gasteiger partial charge is 0.145 e. The highest BCUT2D eigenvalue weighted by Gasteiger charge is 2.23. The van der Waals surface area contributed by atoms with E-state index >= 15 is 0 Å². The molecule has 0 saturated heterocycles. The number of allylic oxidation sites excluding steroid dienone is 2. The third kappa shape index (κ3) is 5.33. The van der Waals surface area contributed by atoms with Crippen LogP contribution >= 0.6 is 0 Å². The first-order chi connectivity index (χ1) is 25.6. The van der Waals surface area contributed by atoms with Gasteiger partial charge in [0, 0.05) is 50.4 Å². The van der Waals surface area contributed by atoms with Crippen LogP contribution in [-0.4, -0.2) is 0 Å². The number of nitrogens with zero attached hydrogens (tertiary/aromatic N) is 1. The van der Waals surface area contributed by atoms with Crippen molar-refractivity contribution in [2.45, 2.75) is 12.8 Å². The van der Waals surface area contributed by atoms with Gasteiger partial charge in [0.25, 0.3) is 0 Å². The van der Waals surface area contributed by atoms with E-state index < -0.39 is 0 Å². The Morgan fingerprint density at radius 2 is 1.46 bits per heavy atom. The maximum atomic E-state index is 6.79.